The molecule has 8 rings (SSSR count). The summed E-state index contributed by atoms with van der Waals surface area (Å²) in [5.41, 5.74) is 4.76. The number of methoxy groups -OCH3 is 2. The largest absolute Gasteiger partial charge is 0.493 e. The van der Waals surface area contributed by atoms with Gasteiger partial charge in [-0.05, 0) is 44.9 Å². The van der Waals surface area contributed by atoms with Crippen molar-refractivity contribution in [2.24, 2.45) is 0 Å². The van der Waals surface area contributed by atoms with Crippen LogP contribution in [0.3, 0.4) is 0 Å². The average molecular weight is 906 g/mol. The molecule has 4 bridgehead atoms. The molecule has 2 aromatic carbocycles. The minimum atomic E-state index is -1.19. The fraction of sp³-hybridized carbons (Fsp3) is 0.673. The van der Waals surface area contributed by atoms with E-state index in [1.807, 2.05) is 20.9 Å². The Balaban J connectivity index is 1.19. The molecule has 0 aliphatic carbocycles. The number of nitrogens with zero attached hydrogens (tertiary/aromatic N) is 3. The van der Waals surface area contributed by atoms with Crippen LogP contribution in [-0.2, 0) is 35.0 Å². The van der Waals surface area contributed by atoms with Gasteiger partial charge in [-0.3, -0.25) is 19.4 Å². The predicted octanol–water partition coefficient (Wildman–Crippen LogP) is 8.90. The lowest BCUT2D eigenvalue weighted by Crippen LogP contribution is -2.69. The zero-order valence-corrected chi connectivity index (χ0v) is 39.6. The van der Waals surface area contributed by atoms with E-state index < -0.39 is 53.4 Å². The molecule has 15 heteroatoms. The van der Waals surface area contributed by atoms with Crippen LogP contribution >= 0.6 is 11.8 Å². The number of hydrogen-bond acceptors (Lipinski definition) is 15. The number of thioether (sulfide) groups is 1. The summed E-state index contributed by atoms with van der Waals surface area (Å²) in [6.45, 7) is 7.15. The van der Waals surface area contributed by atoms with Crippen LogP contribution in [0.5, 0.6) is 28.7 Å². The second-order valence-electron chi connectivity index (χ2n) is 17.9. The molecule has 2 aromatic rings. The number of rotatable bonds is 20. The Labute approximate surface area is 382 Å². The van der Waals surface area contributed by atoms with Gasteiger partial charge in [-0.2, -0.15) is 5.26 Å². The van der Waals surface area contributed by atoms with Crippen molar-refractivity contribution in [2.45, 2.75) is 166 Å². The van der Waals surface area contributed by atoms with E-state index in [1.54, 1.807) is 14.2 Å². The highest BCUT2D eigenvalue weighted by molar-refractivity contribution is 7.99. The number of piperazine rings is 1. The van der Waals surface area contributed by atoms with Crippen molar-refractivity contribution in [1.29, 1.82) is 5.26 Å². The maximum atomic E-state index is 14.0. The molecule has 64 heavy (non-hydrogen) atoms. The topological polar surface area (TPSA) is 155 Å². The van der Waals surface area contributed by atoms with E-state index in [0.717, 1.165) is 36.0 Å². The minimum Gasteiger partial charge on any atom is -0.493 e. The van der Waals surface area contributed by atoms with Crippen LogP contribution < -0.4 is 23.7 Å². The standard InChI is InChI=1S/C49H67N3O11S/c1-8-9-10-11-12-13-14-15-16-17-18-19-20-21-37(54)63-36-26-64-48-40-39(47-45(60-28-61-47)30(3)44(40)62-31(4)53)35(25-58-49(36)55)52-34(24-50)33-23-32-22-29(2)43(57-7)46(59-27-56-6)38(32)41(42(48)52)51(33)5/h22,33-36,41-42,48H,8-21,23,25-28H2,1-7H3/t33-,34-,35-,36-,41+,42?,48+/m0/s1. The van der Waals surface area contributed by atoms with Gasteiger partial charge in [-0.25, -0.2) is 4.79 Å². The van der Waals surface area contributed by atoms with E-state index in [9.17, 15) is 19.6 Å². The normalized spacial score (nSPS) is 24.5. The van der Waals surface area contributed by atoms with E-state index in [4.69, 9.17) is 37.9 Å². The first-order chi connectivity index (χ1) is 31.1. The highest BCUT2D eigenvalue weighted by Crippen LogP contribution is 2.64. The van der Waals surface area contributed by atoms with E-state index >= 15 is 0 Å². The minimum absolute atomic E-state index is 0.0213. The number of carbonyl (C=O) groups excluding carboxylic acids is 3. The highest BCUT2D eigenvalue weighted by Gasteiger charge is 2.61. The van der Waals surface area contributed by atoms with Gasteiger partial charge in [0.1, 0.15) is 18.4 Å². The number of fused-ring (bicyclic) bond motifs is 10. The number of unbranched alkanes of at least 4 members (excludes halogenated alkanes) is 12. The lowest BCUT2D eigenvalue weighted by Gasteiger charge is -2.61. The van der Waals surface area contributed by atoms with Crippen molar-refractivity contribution in [3.8, 4) is 34.8 Å². The van der Waals surface area contributed by atoms with Crippen molar-refractivity contribution in [1.82, 2.24) is 9.80 Å². The first-order valence-electron chi connectivity index (χ1n) is 23.4. The summed E-state index contributed by atoms with van der Waals surface area (Å²) in [5, 5.41) is 10.6. The number of likely N-dealkylation sites (N-methyl/N-ethyl adjacent to an activating group) is 1. The molecule has 2 saturated heterocycles. The first-order valence-corrected chi connectivity index (χ1v) is 24.4. The Kier molecular flexibility index (Phi) is 16.3. The maximum Gasteiger partial charge on any atom is 0.348 e. The fourth-order valence-corrected chi connectivity index (χ4v) is 12.2. The second kappa shape index (κ2) is 21.8. The summed E-state index contributed by atoms with van der Waals surface area (Å²) >= 11 is 1.41. The van der Waals surface area contributed by atoms with Gasteiger partial charge in [0.2, 0.25) is 12.9 Å². The molecule has 1 unspecified atom stereocenters. The van der Waals surface area contributed by atoms with Gasteiger partial charge in [0, 0.05) is 60.5 Å². The number of aryl methyl sites for hydroxylation is 1. The summed E-state index contributed by atoms with van der Waals surface area (Å²) in [7, 11) is 5.21. The Morgan fingerprint density at radius 1 is 0.891 bits per heavy atom. The van der Waals surface area contributed by atoms with E-state index in [0.29, 0.717) is 58.3 Å². The summed E-state index contributed by atoms with van der Waals surface area (Å²) in [6, 6.07) is 2.19. The van der Waals surface area contributed by atoms with Crippen LogP contribution in [0.15, 0.2) is 6.07 Å². The third kappa shape index (κ3) is 9.67. The van der Waals surface area contributed by atoms with E-state index in [1.165, 1.54) is 76.5 Å². The number of nitriles is 1. The maximum absolute atomic E-state index is 14.0. The second-order valence-corrected chi connectivity index (χ2v) is 19.1. The van der Waals surface area contributed by atoms with Crippen molar-refractivity contribution in [3.05, 3.63) is 39.4 Å². The van der Waals surface area contributed by atoms with Crippen LogP contribution in [0.1, 0.15) is 154 Å². The highest BCUT2D eigenvalue weighted by atomic mass is 32.2. The van der Waals surface area contributed by atoms with Crippen LogP contribution in [-0.4, -0.2) is 99.2 Å². The van der Waals surface area contributed by atoms with Crippen molar-refractivity contribution < 1.29 is 52.3 Å². The molecular formula is C49H67N3O11S. The molecule has 6 aliphatic heterocycles. The number of hydrogen-bond donors (Lipinski definition) is 0. The average Bonchev–Trinajstić information content (AvgIpc) is 3.77. The van der Waals surface area contributed by atoms with Crippen molar-refractivity contribution in [2.75, 3.05) is 47.2 Å². The molecule has 0 aromatic heterocycles. The number of carbonyl (C=O) groups is 3. The van der Waals surface area contributed by atoms with Gasteiger partial charge in [-0.1, -0.05) is 90.0 Å². The van der Waals surface area contributed by atoms with Gasteiger partial charge in [0.15, 0.2) is 29.8 Å². The zero-order chi connectivity index (χ0) is 45.5. The van der Waals surface area contributed by atoms with Crippen LogP contribution in [0.25, 0.3) is 0 Å². The van der Waals surface area contributed by atoms with Gasteiger partial charge >= 0.3 is 17.9 Å². The molecule has 2 fully saturated rings. The van der Waals surface area contributed by atoms with Gasteiger partial charge in [0.05, 0.1) is 30.5 Å². The molecule has 6 aliphatic rings. The van der Waals surface area contributed by atoms with E-state index in [-0.39, 0.29) is 38.4 Å². The summed E-state index contributed by atoms with van der Waals surface area (Å²) in [4.78, 5) is 44.9. The molecule has 14 nitrogen and oxygen atoms in total. The van der Waals surface area contributed by atoms with E-state index in [2.05, 4.69) is 28.9 Å². The molecule has 0 saturated carbocycles. The molecule has 0 amide bonds. The smallest absolute Gasteiger partial charge is 0.348 e. The van der Waals surface area contributed by atoms with Gasteiger partial charge in [0.25, 0.3) is 0 Å². The zero-order valence-electron chi connectivity index (χ0n) is 38.8. The fourth-order valence-electron chi connectivity index (χ4n) is 10.8. The van der Waals surface area contributed by atoms with Gasteiger partial charge in [-0.15, -0.1) is 11.8 Å². The third-order valence-corrected chi connectivity index (χ3v) is 15.1. The summed E-state index contributed by atoms with van der Waals surface area (Å²) < 4.78 is 48.4. The predicted molar refractivity (Wildman–Crippen MR) is 241 cm³/mol. The van der Waals surface area contributed by atoms with Crippen LogP contribution in [0.4, 0.5) is 0 Å². The molecule has 0 N–H and O–H groups in total. The SMILES string of the molecule is CCCCCCCCCCCCCCCC(=O)O[C@H]1CS[C@@H]2c3c(OC(C)=O)c(C)c4c(c3[C@H](COC1=O)N1C2[C@H]2c3c(cc(C)c(OC)c3OCOC)C[C@@H]([C@@H]1C#N)N2C)OCO4. The molecule has 0 radical (unpaired) electrons. The van der Waals surface area contributed by atoms with Crippen LogP contribution in [0.2, 0.25) is 0 Å². The van der Waals surface area contributed by atoms with Gasteiger partial charge < -0.3 is 37.9 Å². The number of ether oxygens (including phenoxy) is 8. The Bertz CT molecular complexity index is 2060. The quantitative estimate of drug-likeness (QED) is 0.0537. The monoisotopic (exact) mass is 905 g/mol. The number of esters is 3. The van der Waals surface area contributed by atoms with Crippen LogP contribution in [0, 0.1) is 25.2 Å². The third-order valence-electron chi connectivity index (χ3n) is 13.7. The first kappa shape index (κ1) is 47.7. The van der Waals surface area contributed by atoms with Crippen molar-refractivity contribution >= 4 is 29.7 Å². The lowest BCUT2D eigenvalue weighted by molar-refractivity contribution is -0.169. The van der Waals surface area contributed by atoms with Crippen molar-refractivity contribution in [3.63, 3.8) is 0 Å². The Morgan fingerprint density at radius 2 is 1.56 bits per heavy atom. The Morgan fingerprint density at radius 3 is 2.20 bits per heavy atom. The summed E-state index contributed by atoms with van der Waals surface area (Å²) in [6.07, 6.45) is 15.1. The molecule has 0 spiro atoms. The number of benzene rings is 2. The summed E-state index contributed by atoms with van der Waals surface area (Å²) in [5.74, 6) is 0.818. The molecule has 7 atom stereocenters. The molecule has 350 valence electrons. The Hall–Kier alpha value is -4.23. The molecular weight excluding hydrogens is 839 g/mol. The molecule has 6 heterocycles. The lowest BCUT2D eigenvalue weighted by atomic mass is 9.71.